The summed E-state index contributed by atoms with van der Waals surface area (Å²) in [7, 11) is -2.34. The van der Waals surface area contributed by atoms with Gasteiger partial charge in [0.15, 0.2) is 11.6 Å². The van der Waals surface area contributed by atoms with E-state index in [2.05, 4.69) is 31.6 Å². The molecule has 12 atom stereocenters. The van der Waals surface area contributed by atoms with Crippen LogP contribution in [0, 0.1) is 23.7 Å². The van der Waals surface area contributed by atoms with Gasteiger partial charge in [-0.3, -0.25) is 61.8 Å². The lowest BCUT2D eigenvalue weighted by Gasteiger charge is -2.32. The van der Waals surface area contributed by atoms with Gasteiger partial charge in [0.1, 0.15) is 22.9 Å². The van der Waals surface area contributed by atoms with Gasteiger partial charge in [-0.2, -0.15) is 0 Å². The van der Waals surface area contributed by atoms with Gasteiger partial charge in [-0.15, -0.1) is 11.8 Å². The van der Waals surface area contributed by atoms with Crippen molar-refractivity contribution < 1.29 is 77.0 Å². The summed E-state index contributed by atoms with van der Waals surface area (Å²) < 4.78 is 21.1. The second-order valence-corrected chi connectivity index (χ2v) is 26.3. The molecule has 25 nitrogen and oxygen atoms in total. The Morgan fingerprint density at radius 3 is 2.21 bits per heavy atom. The number of carbonyl (C=O) groups is 11. The molecule has 2 unspecified atom stereocenters. The number of aromatic nitrogens is 1. The van der Waals surface area contributed by atoms with Crippen LogP contribution in [0.4, 0.5) is 0 Å². The summed E-state index contributed by atoms with van der Waals surface area (Å²) in [4.78, 5) is 158. The number of ether oxygens (including phenoxy) is 1. The SMILES string of the molecule is CC[C@H](C)[C@@H]1NC(=O)CNC(=O)[C@H]2CC(=O)[C@H]([C@@H](C)[C@@H](O)CO)NC(=O)[C@@H]3C[C@@H](O)CN3C(=O)[C@H](CC(N)=O)CC(=O)[C@H](CS(=O)c3[nH]c4cc(OCCCCCCN5C(=O)CC(SC(C)(C)C)C5=O)ccc4c3C2)NC(=O)CNC1=O. The summed E-state index contributed by atoms with van der Waals surface area (Å²) >= 11 is 1.49. The van der Waals surface area contributed by atoms with E-state index in [1.54, 1.807) is 32.0 Å². The Labute approximate surface area is 482 Å². The summed E-state index contributed by atoms with van der Waals surface area (Å²) in [6.45, 7) is 8.57. The Kier molecular flexibility index (Phi) is 22.8. The smallest absolute Gasteiger partial charge is 0.243 e. The molecule has 0 aliphatic carbocycles. The van der Waals surface area contributed by atoms with E-state index in [-0.39, 0.29) is 46.6 Å². The Bertz CT molecular complexity index is 2790. The topological polar surface area (TPSA) is 383 Å². The molecular formula is C55H79N9O16S2. The van der Waals surface area contributed by atoms with Gasteiger partial charge >= 0.3 is 0 Å². The van der Waals surface area contributed by atoms with Gasteiger partial charge in [0.05, 0.1) is 83.8 Å². The maximum absolute atomic E-state index is 15.1. The summed E-state index contributed by atoms with van der Waals surface area (Å²) in [6.07, 6.45) is -2.82. The van der Waals surface area contributed by atoms with Gasteiger partial charge in [0.2, 0.25) is 53.2 Å². The number of fused-ring (bicyclic) bond motifs is 5. The maximum atomic E-state index is 15.1. The number of primary amides is 1. The lowest BCUT2D eigenvalue weighted by Crippen LogP contribution is -2.56. The number of rotatable bonds is 16. The standard InChI is InChI=1S/C55H79N9O16S2/c1-7-28(2)47-51(76)58-23-44(71)59-37-27-82(79)52-35(34-13-12-33(21-36(34)60-52)80-15-11-9-8-10-14-63-46(73)22-42(54(63)78)81-55(4,5)6)16-30(49(74)57-24-45(72)61-47)17-40(68)48(29(3)41(69)26-65)62-50(75)38-20-32(66)25-64(38)53(77)31(18-39(37)67)19-43(56)70/h12-13,21,28-32,37-38,41-42,47-48,60,65-66,69H,7-11,14-20,22-27H2,1-6H3,(H2,56,70)(H,57,74)(H,58,76)(H,59,71)(H,61,72)(H,62,75)/t28-,29-,30+,31-,32+,37-,38-,41-,42?,47-,48-,82?/m0/s1. The van der Waals surface area contributed by atoms with Crippen LogP contribution in [-0.4, -0.2) is 191 Å². The number of thioether (sulfide) groups is 1. The number of amides is 9. The first-order valence-corrected chi connectivity index (χ1v) is 30.1. The van der Waals surface area contributed by atoms with Crippen LogP contribution in [0.1, 0.15) is 111 Å². The van der Waals surface area contributed by atoms with Crippen LogP contribution >= 0.6 is 11.8 Å². The van der Waals surface area contributed by atoms with Crippen LogP contribution in [-0.2, 0) is 70.0 Å². The van der Waals surface area contributed by atoms with Crippen molar-refractivity contribution in [3.63, 3.8) is 0 Å². The Morgan fingerprint density at radius 1 is 0.854 bits per heavy atom. The largest absolute Gasteiger partial charge is 0.494 e. The second kappa shape index (κ2) is 28.8. The molecule has 0 saturated carbocycles. The molecule has 5 heterocycles. The molecule has 4 aliphatic heterocycles. The first-order valence-electron chi connectivity index (χ1n) is 27.9. The van der Waals surface area contributed by atoms with E-state index in [0.717, 1.165) is 4.90 Å². The summed E-state index contributed by atoms with van der Waals surface area (Å²) in [5.74, 6) is -13.7. The lowest BCUT2D eigenvalue weighted by atomic mass is 9.85. The minimum atomic E-state index is -2.34. The van der Waals surface area contributed by atoms with Crippen molar-refractivity contribution in [1.82, 2.24) is 41.4 Å². The van der Waals surface area contributed by atoms with Gasteiger partial charge in [0, 0.05) is 73.2 Å². The Morgan fingerprint density at radius 2 is 1.54 bits per heavy atom. The number of hydrogen-bond acceptors (Lipinski definition) is 17. The van der Waals surface area contributed by atoms with Gasteiger partial charge in [-0.1, -0.05) is 60.8 Å². The number of hydrogen-bond donors (Lipinski definition) is 10. The lowest BCUT2D eigenvalue weighted by molar-refractivity contribution is -0.145. The molecule has 2 fully saturated rings. The minimum Gasteiger partial charge on any atom is -0.494 e. The van der Waals surface area contributed by atoms with E-state index in [1.807, 2.05) is 20.8 Å². The number of unbranched alkanes of at least 4 members (excludes halogenated alkanes) is 3. The molecule has 27 heteroatoms. The predicted octanol–water partition coefficient (Wildman–Crippen LogP) is -0.846. The van der Waals surface area contributed by atoms with Gasteiger partial charge in [-0.25, -0.2) is 0 Å². The highest BCUT2D eigenvalue weighted by Crippen LogP contribution is 2.36. The number of aliphatic hydroxyl groups excluding tert-OH is 3. The number of benzene rings is 1. The molecule has 2 aromatic rings. The van der Waals surface area contributed by atoms with E-state index in [9.17, 15) is 68.1 Å². The van der Waals surface area contributed by atoms with Crippen LogP contribution in [0.5, 0.6) is 5.75 Å². The monoisotopic (exact) mass is 1190 g/mol. The second-order valence-electron chi connectivity index (χ2n) is 22.8. The first kappa shape index (κ1) is 64.9. The number of aliphatic hydroxyl groups is 3. The molecule has 6 rings (SSSR count). The number of carbonyl (C=O) groups excluding carboxylic acids is 11. The molecular weight excluding hydrogens is 1110 g/mol. The molecule has 4 aliphatic rings. The number of likely N-dealkylation sites (tertiary alicyclic amines) is 1. The van der Waals surface area contributed by atoms with Crippen LogP contribution in [0.15, 0.2) is 23.2 Å². The van der Waals surface area contributed by atoms with Gasteiger partial charge in [-0.05, 0) is 42.9 Å². The third kappa shape index (κ3) is 16.9. The third-order valence-electron chi connectivity index (χ3n) is 15.4. The number of H-pyrrole nitrogens is 1. The number of aromatic amines is 1. The number of nitrogens with two attached hydrogens (primary N) is 1. The zero-order chi connectivity index (χ0) is 60.3. The molecule has 2 saturated heterocycles. The number of nitrogens with zero attached hydrogens (tertiary/aromatic N) is 2. The highest BCUT2D eigenvalue weighted by Gasteiger charge is 2.46. The fraction of sp³-hybridized carbons (Fsp3) is 0.655. The molecule has 452 valence electrons. The molecule has 2 bridgehead atoms. The summed E-state index contributed by atoms with van der Waals surface area (Å²) in [5, 5.41) is 44.4. The average molecular weight is 1190 g/mol. The quantitative estimate of drug-likeness (QED) is 0.0723. The Balaban J connectivity index is 1.39. The van der Waals surface area contributed by atoms with Crippen molar-refractivity contribution in [2.75, 3.05) is 45.1 Å². The first-order chi connectivity index (χ1) is 38.7. The molecule has 0 radical (unpaired) electrons. The van der Waals surface area contributed by atoms with Gasteiger partial charge in [0.25, 0.3) is 0 Å². The van der Waals surface area contributed by atoms with E-state index >= 15 is 4.21 Å². The van der Waals surface area contributed by atoms with Crippen LogP contribution in [0.2, 0.25) is 0 Å². The molecule has 0 spiro atoms. The van der Waals surface area contributed by atoms with Crippen LogP contribution < -0.4 is 37.1 Å². The fourth-order valence-electron chi connectivity index (χ4n) is 10.7. The summed E-state index contributed by atoms with van der Waals surface area (Å²) in [6, 6.07) is -1.27. The van der Waals surface area contributed by atoms with E-state index in [4.69, 9.17) is 10.5 Å². The molecule has 11 N–H and O–H groups in total. The number of nitrogens with one attached hydrogen (secondary N) is 6. The van der Waals surface area contributed by atoms with E-state index in [1.165, 1.54) is 23.6 Å². The molecule has 1 aromatic heterocycles. The zero-order valence-corrected chi connectivity index (χ0v) is 48.9. The van der Waals surface area contributed by atoms with Crippen LogP contribution in [0.25, 0.3) is 10.9 Å². The molecule has 9 amide bonds. The number of Topliss-reactive ketones (excluding diaryl/α,β-unsaturated/α-hetero) is 2. The highest BCUT2D eigenvalue weighted by molar-refractivity contribution is 8.01. The normalized spacial score (nSPS) is 27.2. The van der Waals surface area contributed by atoms with Crippen molar-refractivity contribution in [2.24, 2.45) is 29.4 Å². The van der Waals surface area contributed by atoms with Crippen molar-refractivity contribution in [3.05, 3.63) is 23.8 Å². The fourth-order valence-corrected chi connectivity index (χ4v) is 13.4. The minimum absolute atomic E-state index is 0.0695. The van der Waals surface area contributed by atoms with Crippen molar-refractivity contribution in [3.8, 4) is 5.75 Å². The average Bonchev–Trinajstić information content (AvgIpc) is 4.31. The highest BCUT2D eigenvalue weighted by atomic mass is 32.2. The third-order valence-corrected chi connectivity index (χ3v) is 18.2. The molecule has 82 heavy (non-hydrogen) atoms. The van der Waals surface area contributed by atoms with Crippen molar-refractivity contribution >= 4 is 98.2 Å². The van der Waals surface area contributed by atoms with Crippen molar-refractivity contribution in [1.29, 1.82) is 0 Å². The summed E-state index contributed by atoms with van der Waals surface area (Å²) in [5.41, 5.74) is 6.13. The predicted molar refractivity (Wildman–Crippen MR) is 299 cm³/mol. The van der Waals surface area contributed by atoms with Crippen molar-refractivity contribution in [2.45, 2.75) is 164 Å². The number of imide groups is 1. The maximum Gasteiger partial charge on any atom is 0.243 e. The number of ketones is 2. The van der Waals surface area contributed by atoms with Gasteiger partial charge < -0.3 is 62.3 Å². The van der Waals surface area contributed by atoms with Crippen LogP contribution in [0.3, 0.4) is 0 Å². The van der Waals surface area contributed by atoms with E-state index in [0.29, 0.717) is 55.3 Å². The Hall–Kier alpha value is -6.29. The van der Waals surface area contributed by atoms with E-state index < -0.39 is 187 Å². The zero-order valence-electron chi connectivity index (χ0n) is 47.2. The molecule has 1 aromatic carbocycles.